The second kappa shape index (κ2) is 4.01. The van der Waals surface area contributed by atoms with Crippen LogP contribution in [0.1, 0.15) is 19.4 Å². The van der Waals surface area contributed by atoms with Crippen molar-refractivity contribution < 1.29 is 0 Å². The molecular formula is C10H15ClSn. The maximum absolute atomic E-state index is 6.49. The predicted octanol–water partition coefficient (Wildman–Crippen LogP) is 2.10. The predicted molar refractivity (Wildman–Crippen MR) is 58.8 cm³/mol. The average Bonchev–Trinajstić information content (AvgIpc) is 2.06. The Morgan fingerprint density at radius 1 is 1.25 bits per heavy atom. The molecule has 0 heterocycles. The normalized spacial score (nSPS) is 16.3. The van der Waals surface area contributed by atoms with Crippen molar-refractivity contribution in [3.05, 3.63) is 35.9 Å². The van der Waals surface area contributed by atoms with Crippen molar-refractivity contribution in [1.29, 1.82) is 0 Å². The first-order chi connectivity index (χ1) is 5.55. The third-order valence-electron chi connectivity index (χ3n) is 2.42. The molecule has 1 unspecified atom stereocenters. The second-order valence-electron chi connectivity index (χ2n) is 3.60. The van der Waals surface area contributed by atoms with Crippen molar-refractivity contribution in [1.82, 2.24) is 0 Å². The van der Waals surface area contributed by atoms with Crippen LogP contribution < -0.4 is 0 Å². The molecule has 0 N–H and O–H groups in total. The van der Waals surface area contributed by atoms with Gasteiger partial charge in [0.05, 0.1) is 0 Å². The van der Waals surface area contributed by atoms with E-state index in [1.807, 2.05) is 6.07 Å². The summed E-state index contributed by atoms with van der Waals surface area (Å²) in [4.78, 5) is 0. The van der Waals surface area contributed by atoms with Crippen molar-refractivity contribution >= 4 is 34.1 Å². The molecule has 0 amide bonds. The molecule has 0 aromatic heterocycles. The molecule has 2 heteroatoms. The Labute approximate surface area is 92.4 Å². The van der Waals surface area contributed by atoms with E-state index in [9.17, 15) is 0 Å². The molecule has 0 saturated heterocycles. The molecule has 0 aliphatic carbocycles. The van der Waals surface area contributed by atoms with Crippen LogP contribution in [0, 0.1) is 5.92 Å². The van der Waals surface area contributed by atoms with Crippen LogP contribution >= 0.6 is 11.6 Å². The van der Waals surface area contributed by atoms with E-state index >= 15 is 0 Å². The average molecular weight is 289 g/mol. The van der Waals surface area contributed by atoms with E-state index in [1.165, 1.54) is 5.56 Å². The number of alkyl halides is 1. The standard InChI is InChI=1S/C10H12Cl.Sn.3H/c1-8(2)10(11)9-6-4-3-5-7-9;;;;/h3-8H,1-2H3;;;;. The van der Waals surface area contributed by atoms with E-state index in [0.29, 0.717) is 28.4 Å². The Balaban J connectivity index is 2.98. The fraction of sp³-hybridized carbons (Fsp3) is 0.400. The van der Waals surface area contributed by atoms with Crippen molar-refractivity contribution in [2.45, 2.75) is 16.7 Å². The quantitative estimate of drug-likeness (QED) is 0.578. The molecule has 0 bridgehead atoms. The summed E-state index contributed by atoms with van der Waals surface area (Å²) in [5.74, 6) is 0.539. The van der Waals surface area contributed by atoms with Gasteiger partial charge in [0.1, 0.15) is 0 Å². The van der Waals surface area contributed by atoms with Gasteiger partial charge in [-0.25, -0.2) is 0 Å². The third kappa shape index (κ3) is 2.17. The zero-order valence-corrected chi connectivity index (χ0v) is 14.3. The van der Waals surface area contributed by atoms with Crippen LogP contribution in [0.4, 0.5) is 0 Å². The summed E-state index contributed by atoms with van der Waals surface area (Å²) in [6.07, 6.45) is 0. The van der Waals surface area contributed by atoms with E-state index in [2.05, 4.69) is 38.1 Å². The summed E-state index contributed by atoms with van der Waals surface area (Å²) in [6.45, 7) is 4.38. The molecule has 1 aromatic carbocycles. The first-order valence-corrected chi connectivity index (χ1v) is 7.53. The van der Waals surface area contributed by atoms with E-state index in [0.717, 1.165) is 0 Å². The fourth-order valence-electron chi connectivity index (χ4n) is 1.10. The molecule has 1 atom stereocenters. The van der Waals surface area contributed by atoms with Crippen molar-refractivity contribution in [2.24, 2.45) is 5.92 Å². The van der Waals surface area contributed by atoms with Gasteiger partial charge in [-0.2, -0.15) is 0 Å². The SMILES string of the molecule is CC(C)[C](Cl)([SnH3])c1ccccc1. The van der Waals surface area contributed by atoms with Crippen LogP contribution in [0.2, 0.25) is 0 Å². The zero-order chi connectivity index (χ0) is 9.19. The van der Waals surface area contributed by atoms with Gasteiger partial charge in [0.2, 0.25) is 0 Å². The molecule has 66 valence electrons. The van der Waals surface area contributed by atoms with E-state index in [-0.39, 0.29) is 2.89 Å². The van der Waals surface area contributed by atoms with Crippen LogP contribution in [0.15, 0.2) is 30.3 Å². The molecular weight excluding hydrogens is 274 g/mol. The van der Waals surface area contributed by atoms with Gasteiger partial charge in [-0.1, -0.05) is 0 Å². The minimum atomic E-state index is -0.0249. The Morgan fingerprint density at radius 3 is 2.17 bits per heavy atom. The summed E-state index contributed by atoms with van der Waals surface area (Å²) in [7, 11) is 0. The molecule has 0 nitrogen and oxygen atoms in total. The van der Waals surface area contributed by atoms with Gasteiger partial charge < -0.3 is 0 Å². The Hall–Kier alpha value is 0.309. The van der Waals surface area contributed by atoms with Gasteiger partial charge >= 0.3 is 92.7 Å². The molecule has 12 heavy (non-hydrogen) atoms. The summed E-state index contributed by atoms with van der Waals surface area (Å²) in [6, 6.07) is 10.4. The summed E-state index contributed by atoms with van der Waals surface area (Å²) in [5.41, 5.74) is 1.29. The number of hydrogen-bond acceptors (Lipinski definition) is 0. The van der Waals surface area contributed by atoms with E-state index < -0.39 is 0 Å². The maximum atomic E-state index is 6.49. The van der Waals surface area contributed by atoms with Crippen LogP contribution in [0.5, 0.6) is 0 Å². The molecule has 1 rings (SSSR count). The van der Waals surface area contributed by atoms with Crippen molar-refractivity contribution in [3.8, 4) is 0 Å². The monoisotopic (exact) mass is 290 g/mol. The van der Waals surface area contributed by atoms with Gasteiger partial charge in [0.15, 0.2) is 0 Å². The summed E-state index contributed by atoms with van der Waals surface area (Å²) in [5, 5.41) is 0. The van der Waals surface area contributed by atoms with Crippen molar-refractivity contribution in [3.63, 3.8) is 0 Å². The molecule has 1 aromatic rings. The minimum absolute atomic E-state index is 0.0249. The van der Waals surface area contributed by atoms with E-state index in [4.69, 9.17) is 11.6 Å². The molecule has 0 aliphatic rings. The topological polar surface area (TPSA) is 0 Å². The first kappa shape index (κ1) is 10.4. The number of benzene rings is 1. The zero-order valence-electron chi connectivity index (χ0n) is 7.84. The van der Waals surface area contributed by atoms with Crippen LogP contribution in [-0.2, 0) is 2.89 Å². The fourth-order valence-corrected chi connectivity index (χ4v) is 2.17. The number of rotatable bonds is 2. The summed E-state index contributed by atoms with van der Waals surface area (Å²) < 4.78 is -0.0249. The second-order valence-corrected chi connectivity index (χ2v) is 10.7. The van der Waals surface area contributed by atoms with Crippen molar-refractivity contribution in [2.75, 3.05) is 0 Å². The van der Waals surface area contributed by atoms with Gasteiger partial charge in [0, 0.05) is 0 Å². The number of halogens is 1. The van der Waals surface area contributed by atoms with Gasteiger partial charge in [-0.15, -0.1) is 0 Å². The van der Waals surface area contributed by atoms with Gasteiger partial charge in [-0.05, 0) is 0 Å². The van der Waals surface area contributed by atoms with Crippen LogP contribution in [0.25, 0.3) is 0 Å². The molecule has 0 spiro atoms. The Kier molecular flexibility index (Phi) is 3.47. The van der Waals surface area contributed by atoms with Crippen LogP contribution in [0.3, 0.4) is 0 Å². The third-order valence-corrected chi connectivity index (χ3v) is 8.02. The van der Waals surface area contributed by atoms with Crippen LogP contribution in [-0.4, -0.2) is 22.5 Å². The van der Waals surface area contributed by atoms with E-state index in [1.54, 1.807) is 0 Å². The number of hydrogen-bond donors (Lipinski definition) is 0. The molecule has 0 fully saturated rings. The van der Waals surface area contributed by atoms with Gasteiger partial charge in [-0.3, -0.25) is 0 Å². The Morgan fingerprint density at radius 2 is 1.75 bits per heavy atom. The first-order valence-electron chi connectivity index (χ1n) is 4.29. The molecule has 0 radical (unpaired) electrons. The Bertz CT molecular complexity index is 241. The molecule has 0 saturated carbocycles. The summed E-state index contributed by atoms with van der Waals surface area (Å²) >= 11 is 6.92. The molecule has 0 aliphatic heterocycles. The van der Waals surface area contributed by atoms with Gasteiger partial charge in [0.25, 0.3) is 0 Å².